The molecule has 220 valence electrons. The number of nitrogens with two attached hydrogens (primary N) is 1. The fourth-order valence-corrected chi connectivity index (χ4v) is 7.01. The monoisotopic (exact) mass is 574 g/mol. The van der Waals surface area contributed by atoms with Gasteiger partial charge in [-0.05, 0) is 75.3 Å². The Hall–Kier alpha value is -2.96. The maximum atomic E-state index is 14.1. The van der Waals surface area contributed by atoms with Gasteiger partial charge in [0, 0.05) is 32.7 Å². The first-order chi connectivity index (χ1) is 19.0. The van der Waals surface area contributed by atoms with E-state index in [1.807, 2.05) is 26.1 Å². The van der Waals surface area contributed by atoms with E-state index in [0.717, 1.165) is 29.7 Å². The molecule has 12 heteroatoms. The Balaban J connectivity index is 1.63. The predicted molar refractivity (Wildman–Crippen MR) is 152 cm³/mol. The first kappa shape index (κ1) is 30.0. The molecule has 1 saturated heterocycles. The lowest BCUT2D eigenvalue weighted by molar-refractivity contribution is -0.158. The van der Waals surface area contributed by atoms with Gasteiger partial charge in [0.05, 0.1) is 11.5 Å². The number of rotatable bonds is 8. The molecule has 3 aliphatic rings. The number of sulfonamides is 1. The second-order valence-electron chi connectivity index (χ2n) is 11.2. The highest BCUT2D eigenvalue weighted by Gasteiger charge is 2.40. The number of ether oxygens (including phenoxy) is 1. The summed E-state index contributed by atoms with van der Waals surface area (Å²) in [7, 11) is -2.07. The van der Waals surface area contributed by atoms with Gasteiger partial charge in [-0.2, -0.15) is 4.72 Å². The van der Waals surface area contributed by atoms with E-state index >= 15 is 0 Å². The van der Waals surface area contributed by atoms with Crippen LogP contribution < -0.4 is 10.5 Å². The third-order valence-electron chi connectivity index (χ3n) is 8.03. The number of likely N-dealkylation sites (tertiary alicyclic amines) is 1. The van der Waals surface area contributed by atoms with Crippen LogP contribution in [0.4, 0.5) is 0 Å². The van der Waals surface area contributed by atoms with E-state index in [4.69, 9.17) is 15.9 Å². The van der Waals surface area contributed by atoms with Gasteiger partial charge in [0.25, 0.3) is 0 Å². The molecule has 1 aromatic rings. The maximum absolute atomic E-state index is 14.1. The van der Waals surface area contributed by atoms with Gasteiger partial charge in [-0.25, -0.2) is 13.2 Å². The summed E-state index contributed by atoms with van der Waals surface area (Å²) >= 11 is 0. The normalized spacial score (nSPS) is 22.7. The van der Waals surface area contributed by atoms with Crippen molar-refractivity contribution in [1.82, 2.24) is 19.4 Å². The lowest BCUT2D eigenvalue weighted by Crippen LogP contribution is -2.57. The van der Waals surface area contributed by atoms with Crippen molar-refractivity contribution >= 4 is 27.9 Å². The Morgan fingerprint density at radius 1 is 1.20 bits per heavy atom. The number of hydrogen-bond acceptors (Lipinski definition) is 7. The smallest absolute Gasteiger partial charge is 0.328 e. The van der Waals surface area contributed by atoms with E-state index in [1.54, 1.807) is 24.0 Å². The van der Waals surface area contributed by atoms with Gasteiger partial charge in [0.1, 0.15) is 12.1 Å². The second-order valence-corrected chi connectivity index (χ2v) is 12.9. The zero-order chi connectivity index (χ0) is 29.0. The highest BCUT2D eigenvalue weighted by atomic mass is 32.2. The summed E-state index contributed by atoms with van der Waals surface area (Å²) < 4.78 is 35.4. The molecule has 4 rings (SSSR count). The standard InChI is InChI=1S/C28H42N6O5S/c1-4-39-27(36)25-14-19(2)9-13-34(25)26(35)24(15-20-6-5-11-33(17-20)28(29)30)31-40(37,38)23-8-7-21-10-12-32(3)18-22(21)16-23/h6-8,16,19,24-25,31H,4-5,9-15,17-18H2,1-3H3,(H3,29,30)/t19-,24+,25-/m1/s1. The summed E-state index contributed by atoms with van der Waals surface area (Å²) in [6.45, 7) is 6.78. The second kappa shape index (κ2) is 12.7. The minimum absolute atomic E-state index is 0.0690. The minimum atomic E-state index is -4.07. The molecule has 0 unspecified atom stereocenters. The Labute approximate surface area is 237 Å². The highest BCUT2D eigenvalue weighted by molar-refractivity contribution is 7.89. The lowest BCUT2D eigenvalue weighted by atomic mass is 9.91. The van der Waals surface area contributed by atoms with E-state index in [9.17, 15) is 18.0 Å². The third kappa shape index (κ3) is 7.02. The summed E-state index contributed by atoms with van der Waals surface area (Å²) in [5, 5.41) is 7.82. The number of amides is 1. The summed E-state index contributed by atoms with van der Waals surface area (Å²) in [4.78, 5) is 32.3. The van der Waals surface area contributed by atoms with Crippen LogP contribution in [0.5, 0.6) is 0 Å². The SMILES string of the molecule is CCOC(=O)[C@H]1C[C@H](C)CCN1C(=O)[C@H](CC1=CCCN(C(=N)N)C1)NS(=O)(=O)c1ccc2c(c1)CN(C)CC2. The van der Waals surface area contributed by atoms with Crippen molar-refractivity contribution < 1.29 is 22.7 Å². The van der Waals surface area contributed by atoms with E-state index in [2.05, 4.69) is 9.62 Å². The van der Waals surface area contributed by atoms with E-state index in [1.165, 1.54) is 4.90 Å². The zero-order valence-electron chi connectivity index (χ0n) is 23.7. The van der Waals surface area contributed by atoms with Gasteiger partial charge in [-0.1, -0.05) is 24.6 Å². The number of benzene rings is 1. The number of hydrogen-bond donors (Lipinski definition) is 3. The number of piperidine rings is 1. The molecule has 40 heavy (non-hydrogen) atoms. The Bertz CT molecular complexity index is 1270. The van der Waals surface area contributed by atoms with Crippen molar-refractivity contribution in [3.8, 4) is 0 Å². The van der Waals surface area contributed by atoms with Crippen molar-refractivity contribution in [2.24, 2.45) is 11.7 Å². The van der Waals surface area contributed by atoms with E-state index < -0.39 is 34.0 Å². The predicted octanol–water partition coefficient (Wildman–Crippen LogP) is 1.43. The van der Waals surface area contributed by atoms with Crippen LogP contribution in [-0.4, -0.2) is 92.9 Å². The van der Waals surface area contributed by atoms with Crippen LogP contribution in [0, 0.1) is 11.3 Å². The van der Waals surface area contributed by atoms with Crippen LogP contribution in [0.25, 0.3) is 0 Å². The molecule has 0 saturated carbocycles. The van der Waals surface area contributed by atoms with Gasteiger partial charge in [0.2, 0.25) is 15.9 Å². The number of carbonyl (C=O) groups excluding carboxylic acids is 2. The molecular weight excluding hydrogens is 532 g/mol. The van der Waals surface area contributed by atoms with Crippen molar-refractivity contribution in [2.75, 3.05) is 39.8 Å². The van der Waals surface area contributed by atoms with Gasteiger partial charge >= 0.3 is 5.97 Å². The van der Waals surface area contributed by atoms with E-state index in [0.29, 0.717) is 45.4 Å². The van der Waals surface area contributed by atoms with Crippen LogP contribution in [0.1, 0.15) is 50.7 Å². The Kier molecular flexibility index (Phi) is 9.52. The molecule has 0 aliphatic carbocycles. The van der Waals surface area contributed by atoms with Crippen LogP contribution in [-0.2, 0) is 37.3 Å². The Morgan fingerprint density at radius 3 is 2.70 bits per heavy atom. The summed E-state index contributed by atoms with van der Waals surface area (Å²) in [5.74, 6) is -0.762. The van der Waals surface area contributed by atoms with Gasteiger partial charge < -0.3 is 25.2 Å². The van der Waals surface area contributed by atoms with E-state index in [-0.39, 0.29) is 29.8 Å². The van der Waals surface area contributed by atoms with Crippen LogP contribution in [0.3, 0.4) is 0 Å². The third-order valence-corrected chi connectivity index (χ3v) is 9.50. The fraction of sp³-hybridized carbons (Fsp3) is 0.607. The minimum Gasteiger partial charge on any atom is -0.464 e. The number of likely N-dealkylation sites (N-methyl/N-ethyl adjacent to an activating group) is 1. The molecule has 0 aromatic heterocycles. The first-order valence-corrected chi connectivity index (χ1v) is 15.5. The van der Waals surface area contributed by atoms with Gasteiger partial charge in [-0.3, -0.25) is 10.2 Å². The van der Waals surface area contributed by atoms with Gasteiger partial charge in [0.15, 0.2) is 5.96 Å². The summed E-state index contributed by atoms with van der Waals surface area (Å²) in [6, 6.07) is 3.24. The molecule has 3 atom stereocenters. The number of nitrogens with one attached hydrogen (secondary N) is 2. The molecule has 1 fully saturated rings. The zero-order valence-corrected chi connectivity index (χ0v) is 24.5. The quantitative estimate of drug-likeness (QED) is 0.183. The average molecular weight is 575 g/mol. The summed E-state index contributed by atoms with van der Waals surface area (Å²) in [5.41, 5.74) is 8.61. The number of guanidine groups is 1. The molecule has 1 aromatic carbocycles. The molecular formula is C28H42N6O5S. The lowest BCUT2D eigenvalue weighted by Gasteiger charge is -2.39. The number of carbonyl (C=O) groups is 2. The topological polar surface area (TPSA) is 149 Å². The van der Waals surface area contributed by atoms with Crippen molar-refractivity contribution in [1.29, 1.82) is 5.41 Å². The largest absolute Gasteiger partial charge is 0.464 e. The number of esters is 1. The molecule has 0 radical (unpaired) electrons. The number of fused-ring (bicyclic) bond motifs is 1. The average Bonchev–Trinajstić information content (AvgIpc) is 2.92. The molecule has 4 N–H and O–H groups in total. The molecule has 1 amide bonds. The molecule has 3 heterocycles. The summed E-state index contributed by atoms with van der Waals surface area (Å²) in [6.07, 6.45) is 4.74. The van der Waals surface area contributed by atoms with Crippen molar-refractivity contribution in [3.63, 3.8) is 0 Å². The molecule has 0 bridgehead atoms. The molecule has 11 nitrogen and oxygen atoms in total. The Morgan fingerprint density at radius 2 is 1.98 bits per heavy atom. The van der Waals surface area contributed by atoms with Crippen LogP contribution in [0.2, 0.25) is 0 Å². The van der Waals surface area contributed by atoms with Crippen molar-refractivity contribution in [3.05, 3.63) is 41.0 Å². The van der Waals surface area contributed by atoms with Crippen molar-refractivity contribution in [2.45, 2.75) is 69.5 Å². The molecule has 0 spiro atoms. The maximum Gasteiger partial charge on any atom is 0.328 e. The van der Waals surface area contributed by atoms with Crippen LogP contribution in [0.15, 0.2) is 34.7 Å². The van der Waals surface area contributed by atoms with Crippen LogP contribution >= 0.6 is 0 Å². The fourth-order valence-electron chi connectivity index (χ4n) is 5.77. The number of nitrogens with zero attached hydrogens (tertiary/aromatic N) is 3. The molecule has 3 aliphatic heterocycles. The van der Waals surface area contributed by atoms with Gasteiger partial charge in [-0.15, -0.1) is 0 Å². The highest BCUT2D eigenvalue weighted by Crippen LogP contribution is 2.27. The first-order valence-electron chi connectivity index (χ1n) is 14.0.